The Kier molecular flexibility index (Phi) is 7.40. The van der Waals surface area contributed by atoms with Gasteiger partial charge < -0.3 is 20.1 Å². The molecule has 1 saturated heterocycles. The van der Waals surface area contributed by atoms with Gasteiger partial charge >= 0.3 is 0 Å². The van der Waals surface area contributed by atoms with E-state index in [1.807, 2.05) is 24.3 Å². The van der Waals surface area contributed by atoms with Crippen LogP contribution in [0, 0.1) is 0 Å². The van der Waals surface area contributed by atoms with Crippen molar-refractivity contribution in [2.45, 2.75) is 19.9 Å². The average Bonchev–Trinajstić information content (AvgIpc) is 3.10. The number of rotatable bonds is 8. The topological polar surface area (TPSA) is 119 Å². The third-order valence-corrected chi connectivity index (χ3v) is 6.49. The number of nitrogens with two attached hydrogens (primary N) is 1. The van der Waals surface area contributed by atoms with Crippen LogP contribution in [0.15, 0.2) is 47.4 Å². The second kappa shape index (κ2) is 10.6. The number of amides is 4. The van der Waals surface area contributed by atoms with Gasteiger partial charge in [-0.3, -0.25) is 24.1 Å². The van der Waals surface area contributed by atoms with Crippen LogP contribution >= 0.6 is 11.8 Å². The zero-order valence-electron chi connectivity index (χ0n) is 19.2. The Labute approximate surface area is 206 Å². The fourth-order valence-electron chi connectivity index (χ4n) is 3.88. The van der Waals surface area contributed by atoms with Crippen molar-refractivity contribution < 1.29 is 28.7 Å². The van der Waals surface area contributed by atoms with Gasteiger partial charge in [0.25, 0.3) is 17.1 Å². The summed E-state index contributed by atoms with van der Waals surface area (Å²) in [6.45, 7) is 2.57. The van der Waals surface area contributed by atoms with E-state index in [4.69, 9.17) is 15.2 Å². The van der Waals surface area contributed by atoms with Gasteiger partial charge in [-0.15, -0.1) is 0 Å². The Morgan fingerprint density at radius 2 is 1.86 bits per heavy atom. The Morgan fingerprint density at radius 3 is 2.60 bits per heavy atom. The molecule has 0 spiro atoms. The molecule has 182 valence electrons. The van der Waals surface area contributed by atoms with E-state index >= 15 is 0 Å². The monoisotopic (exact) mass is 495 g/mol. The summed E-state index contributed by atoms with van der Waals surface area (Å²) in [7, 11) is 0. The Hall–Kier alpha value is -3.79. The predicted octanol–water partition coefficient (Wildman–Crippen LogP) is 2.57. The lowest BCUT2D eigenvalue weighted by atomic mass is 10.00. The second-order valence-corrected chi connectivity index (χ2v) is 8.99. The van der Waals surface area contributed by atoms with Crippen molar-refractivity contribution in [3.8, 4) is 11.5 Å². The lowest BCUT2D eigenvalue weighted by Crippen LogP contribution is -2.44. The maximum absolute atomic E-state index is 12.9. The Bertz CT molecular complexity index is 1210. The molecule has 2 aliphatic heterocycles. The van der Waals surface area contributed by atoms with E-state index in [0.29, 0.717) is 36.8 Å². The molecule has 0 radical (unpaired) electrons. The van der Waals surface area contributed by atoms with Gasteiger partial charge in [-0.05, 0) is 60.0 Å². The molecule has 1 fully saturated rings. The number of thioether (sulfide) groups is 1. The highest BCUT2D eigenvalue weighted by atomic mass is 32.2. The van der Waals surface area contributed by atoms with Gasteiger partial charge in [-0.25, -0.2) is 0 Å². The first kappa shape index (κ1) is 24.3. The van der Waals surface area contributed by atoms with E-state index in [1.54, 1.807) is 36.1 Å². The average molecular weight is 496 g/mol. The summed E-state index contributed by atoms with van der Waals surface area (Å²) >= 11 is 0.786. The van der Waals surface area contributed by atoms with Gasteiger partial charge in [0.15, 0.2) is 18.1 Å². The highest BCUT2D eigenvalue weighted by molar-refractivity contribution is 8.18. The zero-order valence-corrected chi connectivity index (χ0v) is 20.0. The molecule has 0 aromatic heterocycles. The van der Waals surface area contributed by atoms with Gasteiger partial charge in [0, 0.05) is 13.1 Å². The quantitative estimate of drug-likeness (QED) is 0.559. The molecule has 4 amide bonds. The number of ether oxygens (including phenoxy) is 2. The fourth-order valence-corrected chi connectivity index (χ4v) is 4.72. The van der Waals surface area contributed by atoms with E-state index in [0.717, 1.165) is 28.6 Å². The van der Waals surface area contributed by atoms with Gasteiger partial charge in [0.2, 0.25) is 5.91 Å². The van der Waals surface area contributed by atoms with Crippen molar-refractivity contribution in [2.24, 2.45) is 5.73 Å². The number of imide groups is 1. The first-order valence-electron chi connectivity index (χ1n) is 11.1. The third-order valence-electron chi connectivity index (χ3n) is 5.59. The largest absolute Gasteiger partial charge is 0.490 e. The predicted molar refractivity (Wildman–Crippen MR) is 131 cm³/mol. The van der Waals surface area contributed by atoms with Crippen molar-refractivity contribution in [2.75, 3.05) is 26.3 Å². The molecule has 0 aliphatic carbocycles. The smallest absolute Gasteiger partial charge is 0.294 e. The van der Waals surface area contributed by atoms with Crippen molar-refractivity contribution in [3.05, 3.63) is 64.1 Å². The van der Waals surface area contributed by atoms with Crippen LogP contribution in [0.4, 0.5) is 4.79 Å². The van der Waals surface area contributed by atoms with Crippen LogP contribution in [-0.2, 0) is 27.3 Å². The number of carbonyl (C=O) groups is 4. The summed E-state index contributed by atoms with van der Waals surface area (Å²) in [6.07, 6.45) is 2.30. The SMILES string of the molecule is CCOc1cc(/C=C2\SC(=O)N(CC(=O)N3CCc4ccccc4C3)C2=O)ccc1OCC(N)=O. The molecule has 0 unspecified atom stereocenters. The molecule has 9 nitrogen and oxygen atoms in total. The molecule has 2 heterocycles. The van der Waals surface area contributed by atoms with Gasteiger partial charge in [0.1, 0.15) is 6.54 Å². The minimum atomic E-state index is -0.617. The molecular weight excluding hydrogens is 470 g/mol. The summed E-state index contributed by atoms with van der Waals surface area (Å²) in [6, 6.07) is 12.8. The van der Waals surface area contributed by atoms with Crippen molar-refractivity contribution in [1.82, 2.24) is 9.80 Å². The maximum atomic E-state index is 12.9. The second-order valence-electron chi connectivity index (χ2n) is 8.00. The highest BCUT2D eigenvalue weighted by Gasteiger charge is 2.37. The van der Waals surface area contributed by atoms with Crippen molar-refractivity contribution >= 4 is 40.8 Å². The summed E-state index contributed by atoms with van der Waals surface area (Å²) in [5.41, 5.74) is 8.02. The van der Waals surface area contributed by atoms with E-state index < -0.39 is 17.1 Å². The standard InChI is InChI=1S/C25H25N3O6S/c1-2-33-20-11-16(7-8-19(20)34-15-22(26)29)12-21-24(31)28(25(32)35-21)14-23(30)27-10-9-17-5-3-4-6-18(17)13-27/h3-8,11-12H,2,9-10,13-15H2,1H3,(H2,26,29)/b21-12-. The summed E-state index contributed by atoms with van der Waals surface area (Å²) in [5.74, 6) is -0.684. The summed E-state index contributed by atoms with van der Waals surface area (Å²) in [4.78, 5) is 52.2. The highest BCUT2D eigenvalue weighted by Crippen LogP contribution is 2.35. The minimum absolute atomic E-state index is 0.208. The molecular formula is C25H25N3O6S. The molecule has 0 saturated carbocycles. The third kappa shape index (κ3) is 5.65. The fraction of sp³-hybridized carbons (Fsp3) is 0.280. The van der Waals surface area contributed by atoms with E-state index in [9.17, 15) is 19.2 Å². The number of benzene rings is 2. The van der Waals surface area contributed by atoms with Crippen molar-refractivity contribution in [1.29, 1.82) is 0 Å². The number of hydrogen-bond acceptors (Lipinski definition) is 7. The number of primary amides is 1. The number of nitrogens with zero attached hydrogens (tertiary/aromatic N) is 2. The van der Waals surface area contributed by atoms with E-state index in [-0.39, 0.29) is 24.0 Å². The molecule has 0 atom stereocenters. The first-order chi connectivity index (χ1) is 16.9. The van der Waals surface area contributed by atoms with Gasteiger partial charge in [-0.2, -0.15) is 0 Å². The van der Waals surface area contributed by atoms with Gasteiger partial charge in [-0.1, -0.05) is 30.3 Å². The van der Waals surface area contributed by atoms with Crippen LogP contribution in [0.3, 0.4) is 0 Å². The molecule has 2 N–H and O–H groups in total. The minimum Gasteiger partial charge on any atom is -0.490 e. The number of hydrogen-bond donors (Lipinski definition) is 1. The van der Waals surface area contributed by atoms with Crippen molar-refractivity contribution in [3.63, 3.8) is 0 Å². The number of fused-ring (bicyclic) bond motifs is 1. The summed E-state index contributed by atoms with van der Waals surface area (Å²) in [5, 5.41) is -0.488. The summed E-state index contributed by atoms with van der Waals surface area (Å²) < 4.78 is 10.9. The number of carbonyl (C=O) groups excluding carboxylic acids is 4. The molecule has 10 heteroatoms. The van der Waals surface area contributed by atoms with Crippen LogP contribution in [-0.4, -0.2) is 59.1 Å². The Morgan fingerprint density at radius 1 is 1.09 bits per heavy atom. The van der Waals surface area contributed by atoms with E-state index in [2.05, 4.69) is 0 Å². The van der Waals surface area contributed by atoms with E-state index in [1.165, 1.54) is 5.56 Å². The Balaban J connectivity index is 1.45. The molecule has 2 aliphatic rings. The molecule has 4 rings (SSSR count). The zero-order chi connectivity index (χ0) is 24.9. The van der Waals surface area contributed by atoms with Gasteiger partial charge in [0.05, 0.1) is 11.5 Å². The van der Waals surface area contributed by atoms with Crippen LogP contribution < -0.4 is 15.2 Å². The first-order valence-corrected chi connectivity index (χ1v) is 11.9. The lowest BCUT2D eigenvalue weighted by molar-refractivity contribution is -0.136. The lowest BCUT2D eigenvalue weighted by Gasteiger charge is -2.29. The molecule has 2 aromatic carbocycles. The normalized spacial score (nSPS) is 16.4. The molecule has 0 bridgehead atoms. The van der Waals surface area contributed by atoms with Crippen LogP contribution in [0.2, 0.25) is 0 Å². The van der Waals surface area contributed by atoms with Crippen LogP contribution in [0.5, 0.6) is 11.5 Å². The maximum Gasteiger partial charge on any atom is 0.294 e. The van der Waals surface area contributed by atoms with Crippen LogP contribution in [0.25, 0.3) is 6.08 Å². The molecule has 35 heavy (non-hydrogen) atoms. The van der Waals surface area contributed by atoms with Crippen LogP contribution in [0.1, 0.15) is 23.6 Å². The molecule has 2 aromatic rings.